The van der Waals surface area contributed by atoms with Gasteiger partial charge in [-0.05, 0) is 36.6 Å². The number of ether oxygens (including phenoxy) is 1. The molecule has 0 spiro atoms. The smallest absolute Gasteiger partial charge is 0.262 e. The number of aromatic nitrogens is 2. The van der Waals surface area contributed by atoms with Gasteiger partial charge in [0.05, 0.1) is 12.5 Å². The Bertz CT molecular complexity index is 1010. The Morgan fingerprint density at radius 3 is 2.67 bits per heavy atom. The quantitative estimate of drug-likeness (QED) is 0.646. The normalized spacial score (nSPS) is 11.0. The third-order valence-corrected chi connectivity index (χ3v) is 5.63. The van der Waals surface area contributed by atoms with Crippen LogP contribution in [-0.4, -0.2) is 22.6 Å². The summed E-state index contributed by atoms with van der Waals surface area (Å²) in [6, 6.07) is 9.65. The Hall–Kier alpha value is -2.67. The molecular formula is C20H23N3O3S. The molecule has 0 aliphatic carbocycles. The van der Waals surface area contributed by atoms with Gasteiger partial charge in [0.15, 0.2) is 0 Å². The maximum atomic E-state index is 13.0. The number of fused-ring (bicyclic) bond motifs is 1. The van der Waals surface area contributed by atoms with Crippen molar-refractivity contribution in [3.63, 3.8) is 0 Å². The van der Waals surface area contributed by atoms with Crippen LogP contribution in [0, 0.1) is 0 Å². The van der Waals surface area contributed by atoms with E-state index in [1.54, 1.807) is 23.0 Å². The zero-order chi connectivity index (χ0) is 19.4. The molecule has 2 aromatic heterocycles. The summed E-state index contributed by atoms with van der Waals surface area (Å²) in [7, 11) is 1.63. The summed E-state index contributed by atoms with van der Waals surface area (Å²) < 4.78 is 6.88. The maximum Gasteiger partial charge on any atom is 0.262 e. The largest absolute Gasteiger partial charge is 0.497 e. The van der Waals surface area contributed by atoms with Crippen molar-refractivity contribution in [1.29, 1.82) is 0 Å². The predicted octanol–water partition coefficient (Wildman–Crippen LogP) is 2.89. The van der Waals surface area contributed by atoms with E-state index >= 15 is 0 Å². The standard InChI is InChI=1S/C20H23N3O3S/c1-3-15-12-16-19(27-15)22-18(11-13-6-8-14(26-2)9-7-13)23(20(16)25)10-4-5-17(21)24/h6-9,12H,3-5,10-11H2,1-2H3,(H2,21,24). The summed E-state index contributed by atoms with van der Waals surface area (Å²) in [5.41, 5.74) is 6.23. The molecule has 1 amide bonds. The highest BCUT2D eigenvalue weighted by atomic mass is 32.1. The number of methoxy groups -OCH3 is 1. The number of hydrogen-bond donors (Lipinski definition) is 1. The highest BCUT2D eigenvalue weighted by molar-refractivity contribution is 7.18. The van der Waals surface area contributed by atoms with Gasteiger partial charge < -0.3 is 10.5 Å². The van der Waals surface area contributed by atoms with E-state index in [4.69, 9.17) is 15.5 Å². The maximum absolute atomic E-state index is 13.0. The lowest BCUT2D eigenvalue weighted by molar-refractivity contribution is -0.118. The van der Waals surface area contributed by atoms with Crippen LogP contribution in [0.2, 0.25) is 0 Å². The monoisotopic (exact) mass is 385 g/mol. The van der Waals surface area contributed by atoms with Crippen LogP contribution in [0.25, 0.3) is 10.2 Å². The molecule has 2 N–H and O–H groups in total. The SMILES string of the molecule is CCc1cc2c(=O)n(CCCC(N)=O)c(Cc3ccc(OC)cc3)nc2s1. The number of carbonyl (C=O) groups excluding carboxylic acids is 1. The Labute approximate surface area is 161 Å². The van der Waals surface area contributed by atoms with E-state index in [0.717, 1.165) is 27.4 Å². The van der Waals surface area contributed by atoms with Gasteiger partial charge in [0.2, 0.25) is 5.91 Å². The molecule has 0 aliphatic heterocycles. The molecule has 0 aliphatic rings. The number of rotatable bonds is 8. The van der Waals surface area contributed by atoms with Crippen LogP contribution in [0.3, 0.4) is 0 Å². The Kier molecular flexibility index (Phi) is 5.91. The van der Waals surface area contributed by atoms with Crippen LogP contribution in [0.1, 0.15) is 36.0 Å². The fourth-order valence-corrected chi connectivity index (χ4v) is 3.96. The third kappa shape index (κ3) is 4.36. The predicted molar refractivity (Wildman–Crippen MR) is 107 cm³/mol. The van der Waals surface area contributed by atoms with E-state index < -0.39 is 0 Å². The summed E-state index contributed by atoms with van der Waals surface area (Å²) >= 11 is 1.56. The first-order valence-electron chi connectivity index (χ1n) is 8.95. The second kappa shape index (κ2) is 8.35. The van der Waals surface area contributed by atoms with Gasteiger partial charge in [-0.3, -0.25) is 14.2 Å². The number of amides is 1. The number of thiophene rings is 1. The van der Waals surface area contributed by atoms with Gasteiger partial charge in [-0.15, -0.1) is 11.3 Å². The average molecular weight is 385 g/mol. The fraction of sp³-hybridized carbons (Fsp3) is 0.350. The molecule has 6 nitrogen and oxygen atoms in total. The summed E-state index contributed by atoms with van der Waals surface area (Å²) in [6.45, 7) is 2.49. The molecule has 1 aromatic carbocycles. The Balaban J connectivity index is 2.00. The highest BCUT2D eigenvalue weighted by Gasteiger charge is 2.14. The van der Waals surface area contributed by atoms with Crippen molar-refractivity contribution in [2.24, 2.45) is 5.73 Å². The van der Waals surface area contributed by atoms with Crippen molar-refractivity contribution in [2.75, 3.05) is 7.11 Å². The molecular weight excluding hydrogens is 362 g/mol. The van der Waals surface area contributed by atoms with Gasteiger partial charge in [0.25, 0.3) is 5.56 Å². The van der Waals surface area contributed by atoms with E-state index in [0.29, 0.717) is 30.6 Å². The second-order valence-electron chi connectivity index (χ2n) is 6.36. The molecule has 0 saturated heterocycles. The van der Waals surface area contributed by atoms with Crippen LogP contribution in [-0.2, 0) is 24.2 Å². The summed E-state index contributed by atoms with van der Waals surface area (Å²) in [4.78, 5) is 30.8. The van der Waals surface area contributed by atoms with Gasteiger partial charge in [-0.2, -0.15) is 0 Å². The zero-order valence-corrected chi connectivity index (χ0v) is 16.3. The number of primary amides is 1. The third-order valence-electron chi connectivity index (χ3n) is 4.46. The van der Waals surface area contributed by atoms with Crippen LogP contribution in [0.4, 0.5) is 0 Å². The number of nitrogens with two attached hydrogens (primary N) is 1. The van der Waals surface area contributed by atoms with Crippen molar-refractivity contribution in [3.05, 3.63) is 57.0 Å². The summed E-state index contributed by atoms with van der Waals surface area (Å²) in [5.74, 6) is 1.12. The fourth-order valence-electron chi connectivity index (χ4n) is 2.98. The van der Waals surface area contributed by atoms with Crippen molar-refractivity contribution < 1.29 is 9.53 Å². The average Bonchev–Trinajstić information content (AvgIpc) is 3.08. The zero-order valence-electron chi connectivity index (χ0n) is 15.5. The molecule has 0 radical (unpaired) electrons. The van der Waals surface area contributed by atoms with Crippen molar-refractivity contribution in [1.82, 2.24) is 9.55 Å². The minimum absolute atomic E-state index is 0.0519. The first kappa shape index (κ1) is 19.1. The summed E-state index contributed by atoms with van der Waals surface area (Å²) in [5, 5.41) is 0.648. The number of benzene rings is 1. The molecule has 0 bridgehead atoms. The molecule has 0 atom stereocenters. The lowest BCUT2D eigenvalue weighted by Gasteiger charge is -2.12. The molecule has 2 heterocycles. The molecule has 27 heavy (non-hydrogen) atoms. The summed E-state index contributed by atoms with van der Waals surface area (Å²) in [6.07, 6.45) is 2.17. The van der Waals surface area contributed by atoms with E-state index in [2.05, 4.69) is 6.92 Å². The minimum Gasteiger partial charge on any atom is -0.497 e. The van der Waals surface area contributed by atoms with Crippen molar-refractivity contribution in [3.8, 4) is 5.75 Å². The van der Waals surface area contributed by atoms with E-state index in [-0.39, 0.29) is 17.9 Å². The van der Waals surface area contributed by atoms with Crippen molar-refractivity contribution in [2.45, 2.75) is 39.2 Å². The van der Waals surface area contributed by atoms with Gasteiger partial charge >= 0.3 is 0 Å². The molecule has 142 valence electrons. The lowest BCUT2D eigenvalue weighted by atomic mass is 10.1. The van der Waals surface area contributed by atoms with Gasteiger partial charge in [0, 0.05) is 24.3 Å². The van der Waals surface area contributed by atoms with Crippen LogP contribution >= 0.6 is 11.3 Å². The highest BCUT2D eigenvalue weighted by Crippen LogP contribution is 2.23. The van der Waals surface area contributed by atoms with Crippen LogP contribution in [0.15, 0.2) is 35.1 Å². The van der Waals surface area contributed by atoms with Crippen molar-refractivity contribution >= 4 is 27.5 Å². The first-order valence-corrected chi connectivity index (χ1v) is 9.76. The molecule has 0 fully saturated rings. The van der Waals surface area contributed by atoms with Crippen LogP contribution < -0.4 is 16.0 Å². The topological polar surface area (TPSA) is 87.2 Å². The van der Waals surface area contributed by atoms with Gasteiger partial charge in [-0.1, -0.05) is 19.1 Å². The second-order valence-corrected chi connectivity index (χ2v) is 7.48. The van der Waals surface area contributed by atoms with E-state index in [9.17, 15) is 9.59 Å². The molecule has 0 unspecified atom stereocenters. The molecule has 0 saturated carbocycles. The molecule has 3 rings (SSSR count). The first-order chi connectivity index (χ1) is 13.0. The minimum atomic E-state index is -0.363. The lowest BCUT2D eigenvalue weighted by Crippen LogP contribution is -2.26. The number of carbonyl (C=O) groups is 1. The number of hydrogen-bond acceptors (Lipinski definition) is 5. The van der Waals surface area contributed by atoms with Gasteiger partial charge in [-0.25, -0.2) is 4.98 Å². The Morgan fingerprint density at radius 1 is 1.30 bits per heavy atom. The van der Waals surface area contributed by atoms with E-state index in [1.165, 1.54) is 0 Å². The number of nitrogens with zero attached hydrogens (tertiary/aromatic N) is 2. The Morgan fingerprint density at radius 2 is 2.04 bits per heavy atom. The number of aryl methyl sites for hydroxylation is 1. The van der Waals surface area contributed by atoms with Crippen LogP contribution in [0.5, 0.6) is 5.75 Å². The van der Waals surface area contributed by atoms with Gasteiger partial charge in [0.1, 0.15) is 16.4 Å². The molecule has 3 aromatic rings. The molecule has 7 heteroatoms. The van der Waals surface area contributed by atoms with E-state index in [1.807, 2.05) is 30.3 Å².